The molecule has 1 nitrogen and oxygen atoms in total. The van der Waals surface area contributed by atoms with Gasteiger partial charge in [-0.05, 0) is 41.5 Å². The lowest BCUT2D eigenvalue weighted by molar-refractivity contribution is 0.466. The van der Waals surface area contributed by atoms with E-state index in [-0.39, 0.29) is 5.41 Å². The summed E-state index contributed by atoms with van der Waals surface area (Å²) < 4.78 is 0. The lowest BCUT2D eigenvalue weighted by Gasteiger charge is -2.23. The Balaban J connectivity index is 3.36. The molecule has 0 aliphatic heterocycles. The maximum atomic E-state index is 9.68. The van der Waals surface area contributed by atoms with Crippen molar-refractivity contribution in [3.8, 4) is 5.75 Å². The minimum Gasteiger partial charge on any atom is -0.508 e. The Bertz CT molecular complexity index is 332. The molecule has 0 fully saturated rings. The van der Waals surface area contributed by atoms with Gasteiger partial charge in [0.15, 0.2) is 0 Å². The van der Waals surface area contributed by atoms with Gasteiger partial charge in [-0.2, -0.15) is 0 Å². The molecule has 0 aliphatic carbocycles. The number of hydrogen-bond acceptors (Lipinski definition) is 1. The van der Waals surface area contributed by atoms with E-state index in [2.05, 4.69) is 34.6 Å². The summed E-state index contributed by atoms with van der Waals surface area (Å²) >= 11 is 0. The minimum atomic E-state index is 0.154. The molecule has 78 valence electrons. The summed E-state index contributed by atoms with van der Waals surface area (Å²) in [5.74, 6) is 0.429. The Kier molecular flexibility index (Phi) is 2.89. The molecule has 0 bridgehead atoms. The zero-order valence-corrected chi connectivity index (χ0v) is 9.81. The molecule has 0 saturated heterocycles. The number of benzene rings is 1. The van der Waals surface area contributed by atoms with E-state index < -0.39 is 0 Å². The number of phenolic OH excluding ortho intramolecular Hbond substituents is 1. The van der Waals surface area contributed by atoms with Crippen LogP contribution in [0.1, 0.15) is 44.4 Å². The monoisotopic (exact) mass is 192 g/mol. The van der Waals surface area contributed by atoms with Gasteiger partial charge in [-0.3, -0.25) is 0 Å². The van der Waals surface area contributed by atoms with Gasteiger partial charge in [0.25, 0.3) is 0 Å². The quantitative estimate of drug-likeness (QED) is 0.721. The van der Waals surface area contributed by atoms with Crippen LogP contribution >= 0.6 is 0 Å². The Hall–Kier alpha value is -0.980. The van der Waals surface area contributed by atoms with E-state index in [4.69, 9.17) is 0 Å². The first kappa shape index (κ1) is 11.1. The van der Waals surface area contributed by atoms with Crippen molar-refractivity contribution in [1.29, 1.82) is 0 Å². The van der Waals surface area contributed by atoms with Crippen molar-refractivity contribution in [3.63, 3.8) is 0 Å². The summed E-state index contributed by atoms with van der Waals surface area (Å²) in [7, 11) is 0. The van der Waals surface area contributed by atoms with Gasteiger partial charge in [0, 0.05) is 0 Å². The second-order valence-electron chi connectivity index (χ2n) is 4.84. The van der Waals surface area contributed by atoms with Gasteiger partial charge in [-0.25, -0.2) is 0 Å². The predicted molar refractivity (Wildman–Crippen MR) is 60.9 cm³/mol. The molecule has 1 N–H and O–H groups in total. The van der Waals surface area contributed by atoms with Gasteiger partial charge < -0.3 is 5.11 Å². The third-order valence-electron chi connectivity index (χ3n) is 2.74. The number of hydrogen-bond donors (Lipinski definition) is 1. The third-order valence-corrected chi connectivity index (χ3v) is 2.74. The zero-order valence-electron chi connectivity index (χ0n) is 9.81. The molecule has 0 aliphatic rings. The van der Waals surface area contributed by atoms with Crippen LogP contribution in [0.4, 0.5) is 0 Å². The molecule has 0 unspecified atom stereocenters. The molecule has 0 atom stereocenters. The summed E-state index contributed by atoms with van der Waals surface area (Å²) in [6, 6.07) is 3.84. The fourth-order valence-electron chi connectivity index (χ4n) is 2.00. The van der Waals surface area contributed by atoms with Crippen LogP contribution in [0, 0.1) is 6.92 Å². The average molecular weight is 192 g/mol. The van der Waals surface area contributed by atoms with Gasteiger partial charge in [0.1, 0.15) is 5.75 Å². The summed E-state index contributed by atoms with van der Waals surface area (Å²) in [5, 5.41) is 9.68. The van der Waals surface area contributed by atoms with Crippen LogP contribution in [0.2, 0.25) is 0 Å². The Morgan fingerprint density at radius 3 is 2.21 bits per heavy atom. The van der Waals surface area contributed by atoms with Crippen molar-refractivity contribution in [3.05, 3.63) is 28.8 Å². The van der Waals surface area contributed by atoms with Crippen molar-refractivity contribution in [2.24, 2.45) is 0 Å². The topological polar surface area (TPSA) is 20.2 Å². The molecule has 0 aromatic heterocycles. The standard InChI is InChI=1S/C13H20O/c1-6-10-9(2)11(13(3,4)5)7-8-12(10)14/h7-8,14H,6H2,1-5H3. The van der Waals surface area contributed by atoms with Crippen molar-refractivity contribution in [2.75, 3.05) is 0 Å². The minimum absolute atomic E-state index is 0.154. The van der Waals surface area contributed by atoms with Gasteiger partial charge >= 0.3 is 0 Å². The molecule has 1 aromatic carbocycles. The summed E-state index contributed by atoms with van der Waals surface area (Å²) in [6.07, 6.45) is 0.890. The van der Waals surface area contributed by atoms with E-state index in [0.717, 1.165) is 12.0 Å². The fourth-order valence-corrected chi connectivity index (χ4v) is 2.00. The molecular weight excluding hydrogens is 172 g/mol. The molecule has 14 heavy (non-hydrogen) atoms. The molecule has 0 saturated carbocycles. The van der Waals surface area contributed by atoms with Gasteiger partial charge in [-0.15, -0.1) is 0 Å². The van der Waals surface area contributed by atoms with Gasteiger partial charge in [0.05, 0.1) is 0 Å². The highest BCUT2D eigenvalue weighted by molar-refractivity contribution is 5.46. The van der Waals surface area contributed by atoms with E-state index in [1.807, 2.05) is 12.1 Å². The number of phenols is 1. The third kappa shape index (κ3) is 1.92. The highest BCUT2D eigenvalue weighted by Crippen LogP contribution is 2.31. The zero-order chi connectivity index (χ0) is 10.9. The summed E-state index contributed by atoms with van der Waals surface area (Å²) in [4.78, 5) is 0. The summed E-state index contributed by atoms with van der Waals surface area (Å²) in [5.41, 5.74) is 3.80. The van der Waals surface area contributed by atoms with Crippen LogP contribution in [0.25, 0.3) is 0 Å². The maximum Gasteiger partial charge on any atom is 0.119 e. The second kappa shape index (κ2) is 3.64. The Morgan fingerprint density at radius 2 is 1.79 bits per heavy atom. The van der Waals surface area contributed by atoms with Crippen LogP contribution in [0.5, 0.6) is 5.75 Å². The molecule has 0 amide bonds. The van der Waals surface area contributed by atoms with Crippen LogP contribution in [-0.4, -0.2) is 5.11 Å². The number of rotatable bonds is 1. The lowest BCUT2D eigenvalue weighted by atomic mass is 9.82. The van der Waals surface area contributed by atoms with Crippen molar-refractivity contribution >= 4 is 0 Å². The molecule has 1 heteroatoms. The van der Waals surface area contributed by atoms with E-state index in [1.54, 1.807) is 0 Å². The van der Waals surface area contributed by atoms with E-state index in [1.165, 1.54) is 11.1 Å². The maximum absolute atomic E-state index is 9.68. The molecule has 0 spiro atoms. The smallest absolute Gasteiger partial charge is 0.119 e. The molecule has 0 heterocycles. The highest BCUT2D eigenvalue weighted by atomic mass is 16.3. The van der Waals surface area contributed by atoms with Gasteiger partial charge in [0.2, 0.25) is 0 Å². The largest absolute Gasteiger partial charge is 0.508 e. The molecule has 1 aromatic rings. The van der Waals surface area contributed by atoms with Crippen LogP contribution in [0.15, 0.2) is 12.1 Å². The average Bonchev–Trinajstić information content (AvgIpc) is 2.02. The van der Waals surface area contributed by atoms with E-state index in [0.29, 0.717) is 5.75 Å². The second-order valence-corrected chi connectivity index (χ2v) is 4.84. The molecular formula is C13H20O. The number of aromatic hydroxyl groups is 1. The van der Waals surface area contributed by atoms with Crippen molar-refractivity contribution < 1.29 is 5.11 Å². The van der Waals surface area contributed by atoms with E-state index >= 15 is 0 Å². The fraction of sp³-hybridized carbons (Fsp3) is 0.538. The molecule has 1 rings (SSSR count). The molecule has 0 radical (unpaired) electrons. The van der Waals surface area contributed by atoms with Crippen molar-refractivity contribution in [1.82, 2.24) is 0 Å². The first-order valence-corrected chi connectivity index (χ1v) is 5.19. The summed E-state index contributed by atoms with van der Waals surface area (Å²) in [6.45, 7) is 10.8. The predicted octanol–water partition coefficient (Wildman–Crippen LogP) is 3.56. The Morgan fingerprint density at radius 1 is 1.21 bits per heavy atom. The van der Waals surface area contributed by atoms with Crippen LogP contribution in [0.3, 0.4) is 0 Å². The Labute approximate surface area is 86.8 Å². The lowest BCUT2D eigenvalue weighted by Crippen LogP contribution is -2.14. The van der Waals surface area contributed by atoms with Crippen LogP contribution < -0.4 is 0 Å². The highest BCUT2D eigenvalue weighted by Gasteiger charge is 2.18. The van der Waals surface area contributed by atoms with Crippen LogP contribution in [-0.2, 0) is 11.8 Å². The first-order chi connectivity index (χ1) is 6.38. The van der Waals surface area contributed by atoms with E-state index in [9.17, 15) is 5.11 Å². The van der Waals surface area contributed by atoms with Gasteiger partial charge in [-0.1, -0.05) is 33.8 Å². The normalized spacial score (nSPS) is 11.8. The van der Waals surface area contributed by atoms with Crippen molar-refractivity contribution in [2.45, 2.75) is 46.5 Å². The SMILES string of the molecule is CCc1c(O)ccc(C(C)(C)C)c1C. The first-order valence-electron chi connectivity index (χ1n) is 5.19.